The molecule has 0 saturated carbocycles. The van der Waals surface area contributed by atoms with Gasteiger partial charge in [-0.05, 0) is 62.3 Å². The van der Waals surface area contributed by atoms with Crippen molar-refractivity contribution in [1.29, 1.82) is 0 Å². The minimum Gasteiger partial charge on any atom is -0.381 e. The van der Waals surface area contributed by atoms with Crippen molar-refractivity contribution < 1.29 is 9.53 Å². The number of aromatic nitrogens is 1. The lowest BCUT2D eigenvalue weighted by atomic mass is 9.99. The zero-order valence-electron chi connectivity index (χ0n) is 14.0. The van der Waals surface area contributed by atoms with Gasteiger partial charge in [-0.3, -0.25) is 9.69 Å². The van der Waals surface area contributed by atoms with Crippen LogP contribution in [-0.2, 0) is 16.0 Å². The Labute approximate surface area is 138 Å². The first-order valence-corrected chi connectivity index (χ1v) is 8.84. The van der Waals surface area contributed by atoms with Crippen molar-refractivity contribution in [1.82, 2.24) is 9.88 Å². The summed E-state index contributed by atoms with van der Waals surface area (Å²) in [5, 5.41) is 3.01. The molecule has 5 nitrogen and oxygen atoms in total. The maximum absolute atomic E-state index is 12.6. The van der Waals surface area contributed by atoms with Gasteiger partial charge in [0.2, 0.25) is 5.91 Å². The number of hydrogen-bond donors (Lipinski definition) is 1. The summed E-state index contributed by atoms with van der Waals surface area (Å²) in [6.45, 7) is 5.88. The topological polar surface area (TPSA) is 54.5 Å². The van der Waals surface area contributed by atoms with Gasteiger partial charge in [0.1, 0.15) is 5.82 Å². The molecule has 0 radical (unpaired) electrons. The van der Waals surface area contributed by atoms with Crippen molar-refractivity contribution in [2.75, 3.05) is 31.6 Å². The van der Waals surface area contributed by atoms with Crippen molar-refractivity contribution in [3.63, 3.8) is 0 Å². The molecule has 2 fully saturated rings. The number of ether oxygens (including phenoxy) is 1. The van der Waals surface area contributed by atoms with Gasteiger partial charge in [0, 0.05) is 26.0 Å². The summed E-state index contributed by atoms with van der Waals surface area (Å²) >= 11 is 0. The Kier molecular flexibility index (Phi) is 5.62. The number of carbonyl (C=O) groups excluding carboxylic acids is 1. The lowest BCUT2D eigenvalue weighted by Gasteiger charge is -2.30. The van der Waals surface area contributed by atoms with Crippen LogP contribution in [0.3, 0.4) is 0 Å². The largest absolute Gasteiger partial charge is 0.381 e. The van der Waals surface area contributed by atoms with Crippen LogP contribution in [0.25, 0.3) is 0 Å². The van der Waals surface area contributed by atoms with Crippen molar-refractivity contribution >= 4 is 11.7 Å². The zero-order valence-corrected chi connectivity index (χ0v) is 14.0. The fraction of sp³-hybridized carbons (Fsp3) is 0.667. The third kappa shape index (κ3) is 4.30. The summed E-state index contributed by atoms with van der Waals surface area (Å²) in [4.78, 5) is 19.3. The van der Waals surface area contributed by atoms with Crippen LogP contribution in [0.5, 0.6) is 0 Å². The lowest BCUT2D eigenvalue weighted by molar-refractivity contribution is -0.120. The molecule has 1 aromatic heterocycles. The molecule has 1 amide bonds. The van der Waals surface area contributed by atoms with Gasteiger partial charge in [0.25, 0.3) is 0 Å². The summed E-state index contributed by atoms with van der Waals surface area (Å²) in [5.74, 6) is 1.43. The van der Waals surface area contributed by atoms with E-state index in [1.54, 1.807) is 6.20 Å². The molecule has 126 valence electrons. The molecule has 3 heterocycles. The number of rotatable bonds is 5. The summed E-state index contributed by atoms with van der Waals surface area (Å²) < 4.78 is 5.43. The smallest absolute Gasteiger partial charge is 0.242 e. The zero-order chi connectivity index (χ0) is 16.1. The van der Waals surface area contributed by atoms with Crippen LogP contribution in [-0.4, -0.2) is 48.1 Å². The average Bonchev–Trinajstić information content (AvgIpc) is 3.04. The Morgan fingerprint density at radius 2 is 2.22 bits per heavy atom. The SMILES string of the molecule is CCc1ccnc(NC(=O)[C@@H]2CCCN2CC2CCOCC2)c1. The highest BCUT2D eigenvalue weighted by atomic mass is 16.5. The Bertz CT molecular complexity index is 529. The molecule has 0 bridgehead atoms. The Morgan fingerprint density at radius 3 is 3.00 bits per heavy atom. The van der Waals surface area contributed by atoms with Crippen LogP contribution in [0.15, 0.2) is 18.3 Å². The molecular weight excluding hydrogens is 290 g/mol. The van der Waals surface area contributed by atoms with Crippen molar-refractivity contribution in [3.8, 4) is 0 Å². The first-order chi connectivity index (χ1) is 11.3. The van der Waals surface area contributed by atoms with Crippen molar-refractivity contribution in [2.24, 2.45) is 5.92 Å². The molecule has 1 atom stereocenters. The van der Waals surface area contributed by atoms with Gasteiger partial charge >= 0.3 is 0 Å². The number of likely N-dealkylation sites (tertiary alicyclic amines) is 1. The van der Waals surface area contributed by atoms with E-state index in [4.69, 9.17) is 4.74 Å². The van der Waals surface area contributed by atoms with Crippen LogP contribution in [0.4, 0.5) is 5.82 Å². The molecule has 1 N–H and O–H groups in total. The lowest BCUT2D eigenvalue weighted by Crippen LogP contribution is -2.42. The number of amides is 1. The van der Waals surface area contributed by atoms with E-state index in [1.165, 1.54) is 5.56 Å². The quantitative estimate of drug-likeness (QED) is 0.906. The van der Waals surface area contributed by atoms with Gasteiger partial charge in [-0.2, -0.15) is 0 Å². The van der Waals surface area contributed by atoms with E-state index in [9.17, 15) is 4.79 Å². The molecule has 0 spiro atoms. The Hall–Kier alpha value is -1.46. The Balaban J connectivity index is 1.58. The Morgan fingerprint density at radius 1 is 1.39 bits per heavy atom. The van der Waals surface area contributed by atoms with Gasteiger partial charge in [0.05, 0.1) is 6.04 Å². The van der Waals surface area contributed by atoms with Crippen molar-refractivity contribution in [3.05, 3.63) is 23.9 Å². The second-order valence-corrected chi connectivity index (χ2v) is 6.60. The molecule has 5 heteroatoms. The van der Waals surface area contributed by atoms with Crippen molar-refractivity contribution in [2.45, 2.75) is 45.1 Å². The number of pyridine rings is 1. The van der Waals surface area contributed by atoms with Gasteiger partial charge < -0.3 is 10.1 Å². The van der Waals surface area contributed by atoms with Crippen LogP contribution >= 0.6 is 0 Å². The summed E-state index contributed by atoms with van der Waals surface area (Å²) in [6.07, 6.45) is 7.00. The standard InChI is InChI=1S/C18H27N3O2/c1-2-14-5-8-19-17(12-14)20-18(22)16-4-3-9-21(16)13-15-6-10-23-11-7-15/h5,8,12,15-16H,2-4,6-7,9-11,13H2,1H3,(H,19,20,22)/t16-/m0/s1. The molecule has 1 aromatic rings. The van der Waals surface area contributed by atoms with E-state index in [-0.39, 0.29) is 11.9 Å². The highest BCUT2D eigenvalue weighted by Crippen LogP contribution is 2.24. The predicted molar refractivity (Wildman–Crippen MR) is 90.4 cm³/mol. The highest BCUT2D eigenvalue weighted by Gasteiger charge is 2.32. The number of hydrogen-bond acceptors (Lipinski definition) is 4. The number of carbonyl (C=O) groups is 1. The van der Waals surface area contributed by atoms with E-state index >= 15 is 0 Å². The number of nitrogens with one attached hydrogen (secondary N) is 1. The number of anilines is 1. The molecule has 3 rings (SSSR count). The maximum atomic E-state index is 12.6. The number of nitrogens with zero attached hydrogens (tertiary/aromatic N) is 2. The molecule has 2 aliphatic rings. The fourth-order valence-corrected chi connectivity index (χ4v) is 3.57. The molecule has 23 heavy (non-hydrogen) atoms. The third-order valence-corrected chi connectivity index (χ3v) is 4.98. The molecule has 0 aromatic carbocycles. The molecule has 2 aliphatic heterocycles. The molecule has 2 saturated heterocycles. The van der Waals surface area contributed by atoms with Gasteiger partial charge in [-0.15, -0.1) is 0 Å². The van der Waals surface area contributed by atoms with E-state index < -0.39 is 0 Å². The van der Waals surface area contributed by atoms with Gasteiger partial charge in [-0.1, -0.05) is 6.92 Å². The predicted octanol–water partition coefficient (Wildman–Crippen LogP) is 2.47. The van der Waals surface area contributed by atoms with E-state index in [2.05, 4.69) is 22.1 Å². The fourth-order valence-electron chi connectivity index (χ4n) is 3.57. The molecular formula is C18H27N3O2. The highest BCUT2D eigenvalue weighted by molar-refractivity contribution is 5.94. The maximum Gasteiger partial charge on any atom is 0.242 e. The third-order valence-electron chi connectivity index (χ3n) is 4.98. The second-order valence-electron chi connectivity index (χ2n) is 6.60. The first-order valence-electron chi connectivity index (χ1n) is 8.84. The van der Waals surface area contributed by atoms with Crippen LogP contribution in [0.1, 0.15) is 38.2 Å². The monoisotopic (exact) mass is 317 g/mol. The minimum absolute atomic E-state index is 0.00933. The van der Waals surface area contributed by atoms with E-state index in [1.807, 2.05) is 12.1 Å². The average molecular weight is 317 g/mol. The minimum atomic E-state index is -0.00933. The van der Waals surface area contributed by atoms with Crippen LogP contribution in [0, 0.1) is 5.92 Å². The number of aryl methyl sites for hydroxylation is 1. The summed E-state index contributed by atoms with van der Waals surface area (Å²) in [7, 11) is 0. The van der Waals surface area contributed by atoms with E-state index in [0.717, 1.165) is 58.4 Å². The molecule has 0 unspecified atom stereocenters. The normalized spacial score (nSPS) is 23.1. The van der Waals surface area contributed by atoms with Crippen LogP contribution in [0.2, 0.25) is 0 Å². The van der Waals surface area contributed by atoms with Gasteiger partial charge in [-0.25, -0.2) is 4.98 Å². The van der Waals surface area contributed by atoms with Gasteiger partial charge in [0.15, 0.2) is 0 Å². The summed E-state index contributed by atoms with van der Waals surface area (Å²) in [5.41, 5.74) is 1.20. The molecule has 0 aliphatic carbocycles. The first kappa shape index (κ1) is 16.4. The van der Waals surface area contributed by atoms with Crippen LogP contribution < -0.4 is 5.32 Å². The van der Waals surface area contributed by atoms with E-state index in [0.29, 0.717) is 11.7 Å². The second kappa shape index (κ2) is 7.88. The summed E-state index contributed by atoms with van der Waals surface area (Å²) in [6, 6.07) is 3.95.